The number of aryl methyl sites for hydroxylation is 2. The van der Waals surface area contributed by atoms with Gasteiger partial charge in [0.05, 0.1) is 12.8 Å². The number of hydrogen-bond donors (Lipinski definition) is 0. The van der Waals surface area contributed by atoms with E-state index in [0.717, 1.165) is 29.0 Å². The summed E-state index contributed by atoms with van der Waals surface area (Å²) in [5, 5.41) is 4.47. The zero-order valence-corrected chi connectivity index (χ0v) is 14.4. The highest BCUT2D eigenvalue weighted by Gasteiger charge is 2.09. The number of methoxy groups -OCH3 is 1. The molecule has 0 unspecified atom stereocenters. The Labute approximate surface area is 150 Å². The molecular formula is C20H18N4O2. The van der Waals surface area contributed by atoms with Gasteiger partial charge in [0.15, 0.2) is 0 Å². The number of nitrogens with zero attached hydrogens (tertiary/aromatic N) is 4. The van der Waals surface area contributed by atoms with Crippen molar-refractivity contribution in [3.8, 4) is 17.0 Å². The molecule has 130 valence electrons. The number of hydrogen-bond acceptors (Lipinski definition) is 4. The first kappa shape index (κ1) is 16.1. The lowest BCUT2D eigenvalue weighted by molar-refractivity contribution is 0.414. The molecule has 6 heteroatoms. The fourth-order valence-corrected chi connectivity index (χ4v) is 2.90. The molecule has 0 aliphatic heterocycles. The highest BCUT2D eigenvalue weighted by Crippen LogP contribution is 2.17. The summed E-state index contributed by atoms with van der Waals surface area (Å²) in [5.41, 5.74) is 3.29. The average Bonchev–Trinajstić information content (AvgIpc) is 3.14. The van der Waals surface area contributed by atoms with Crippen molar-refractivity contribution in [1.29, 1.82) is 0 Å². The van der Waals surface area contributed by atoms with E-state index in [1.165, 1.54) is 0 Å². The fourth-order valence-electron chi connectivity index (χ4n) is 2.90. The Morgan fingerprint density at radius 1 is 1.12 bits per heavy atom. The van der Waals surface area contributed by atoms with Crippen molar-refractivity contribution in [3.63, 3.8) is 0 Å². The molecule has 0 atom stereocenters. The monoisotopic (exact) mass is 346 g/mol. The Balaban J connectivity index is 1.60. The van der Waals surface area contributed by atoms with E-state index in [-0.39, 0.29) is 5.56 Å². The van der Waals surface area contributed by atoms with Gasteiger partial charge in [0.2, 0.25) is 0 Å². The van der Waals surface area contributed by atoms with Gasteiger partial charge in [-0.1, -0.05) is 12.1 Å². The summed E-state index contributed by atoms with van der Waals surface area (Å²) in [5.74, 6) is 0.828. The van der Waals surface area contributed by atoms with E-state index in [4.69, 9.17) is 4.74 Å². The third kappa shape index (κ3) is 3.09. The predicted octanol–water partition coefficient (Wildman–Crippen LogP) is 2.81. The lowest BCUT2D eigenvalue weighted by Gasteiger charge is -2.07. The number of pyridine rings is 1. The highest BCUT2D eigenvalue weighted by atomic mass is 16.5. The Bertz CT molecular complexity index is 1080. The van der Waals surface area contributed by atoms with Crippen LogP contribution in [0.25, 0.3) is 16.8 Å². The normalized spacial score (nSPS) is 11.0. The van der Waals surface area contributed by atoms with Crippen LogP contribution < -0.4 is 10.3 Å². The second-order valence-corrected chi connectivity index (χ2v) is 6.00. The topological polar surface area (TPSA) is 61.4 Å². The minimum absolute atomic E-state index is 0.0522. The van der Waals surface area contributed by atoms with Crippen LogP contribution in [0.2, 0.25) is 0 Å². The van der Waals surface area contributed by atoms with E-state index in [2.05, 4.69) is 10.1 Å². The molecule has 0 saturated carbocycles. The summed E-state index contributed by atoms with van der Waals surface area (Å²) in [4.78, 5) is 16.9. The van der Waals surface area contributed by atoms with E-state index < -0.39 is 0 Å². The summed E-state index contributed by atoms with van der Waals surface area (Å²) < 4.78 is 8.50. The van der Waals surface area contributed by atoms with Crippen molar-refractivity contribution in [2.45, 2.75) is 13.0 Å². The van der Waals surface area contributed by atoms with Crippen molar-refractivity contribution in [3.05, 3.63) is 83.2 Å². The summed E-state index contributed by atoms with van der Waals surface area (Å²) >= 11 is 0. The molecule has 26 heavy (non-hydrogen) atoms. The molecule has 0 aliphatic carbocycles. The minimum atomic E-state index is -0.0522. The summed E-state index contributed by atoms with van der Waals surface area (Å²) in [6, 6.07) is 13.5. The van der Waals surface area contributed by atoms with E-state index >= 15 is 0 Å². The SMILES string of the molecule is COc1ccc(CCn2ccn3nc(-c4cccnc4)cc3c2=O)cc1. The van der Waals surface area contributed by atoms with Gasteiger partial charge in [-0.05, 0) is 42.3 Å². The minimum Gasteiger partial charge on any atom is -0.497 e. The van der Waals surface area contributed by atoms with Crippen LogP contribution in [0.4, 0.5) is 0 Å². The van der Waals surface area contributed by atoms with Gasteiger partial charge in [0.25, 0.3) is 5.56 Å². The lowest BCUT2D eigenvalue weighted by atomic mass is 10.1. The van der Waals surface area contributed by atoms with Gasteiger partial charge < -0.3 is 9.30 Å². The average molecular weight is 346 g/mol. The van der Waals surface area contributed by atoms with Crippen LogP contribution in [-0.2, 0) is 13.0 Å². The third-order valence-electron chi connectivity index (χ3n) is 4.36. The van der Waals surface area contributed by atoms with Crippen LogP contribution in [0.3, 0.4) is 0 Å². The number of aromatic nitrogens is 4. The lowest BCUT2D eigenvalue weighted by Crippen LogP contribution is -2.22. The molecule has 0 saturated heterocycles. The molecular weight excluding hydrogens is 328 g/mol. The summed E-state index contributed by atoms with van der Waals surface area (Å²) in [6.07, 6.45) is 7.81. The second kappa shape index (κ2) is 6.84. The first-order valence-corrected chi connectivity index (χ1v) is 8.37. The first-order chi connectivity index (χ1) is 12.7. The summed E-state index contributed by atoms with van der Waals surface area (Å²) in [6.45, 7) is 0.606. The van der Waals surface area contributed by atoms with Gasteiger partial charge in [-0.15, -0.1) is 0 Å². The van der Waals surface area contributed by atoms with Crippen molar-refractivity contribution < 1.29 is 4.74 Å². The van der Waals surface area contributed by atoms with Gasteiger partial charge in [-0.3, -0.25) is 9.78 Å². The largest absolute Gasteiger partial charge is 0.497 e. The summed E-state index contributed by atoms with van der Waals surface area (Å²) in [7, 11) is 1.65. The van der Waals surface area contributed by atoms with E-state index in [1.807, 2.05) is 48.7 Å². The van der Waals surface area contributed by atoms with E-state index in [1.54, 1.807) is 34.8 Å². The Kier molecular flexibility index (Phi) is 4.23. The molecule has 0 radical (unpaired) electrons. The molecule has 3 aromatic heterocycles. The Hall–Kier alpha value is -3.41. The number of fused-ring (bicyclic) bond motifs is 1. The quantitative estimate of drug-likeness (QED) is 0.557. The molecule has 0 N–H and O–H groups in total. The van der Waals surface area contributed by atoms with Crippen LogP contribution >= 0.6 is 0 Å². The Morgan fingerprint density at radius 3 is 2.69 bits per heavy atom. The van der Waals surface area contributed by atoms with Gasteiger partial charge >= 0.3 is 0 Å². The standard InChI is InChI=1S/C20H18N4O2/c1-26-17-6-4-15(5-7-17)8-10-23-11-12-24-19(20(23)25)13-18(22-24)16-3-2-9-21-14-16/h2-7,9,11-14H,8,10H2,1H3. The predicted molar refractivity (Wildman–Crippen MR) is 99.4 cm³/mol. The van der Waals surface area contributed by atoms with Crippen molar-refractivity contribution >= 4 is 5.52 Å². The van der Waals surface area contributed by atoms with Gasteiger partial charge in [0, 0.05) is 36.9 Å². The molecule has 6 nitrogen and oxygen atoms in total. The van der Waals surface area contributed by atoms with Gasteiger partial charge in [0.1, 0.15) is 11.3 Å². The van der Waals surface area contributed by atoms with E-state index in [0.29, 0.717) is 12.1 Å². The molecule has 1 aromatic carbocycles. The van der Waals surface area contributed by atoms with Crippen LogP contribution in [0.5, 0.6) is 5.75 Å². The third-order valence-corrected chi connectivity index (χ3v) is 4.36. The van der Waals surface area contributed by atoms with Crippen LogP contribution in [0, 0.1) is 0 Å². The molecule has 0 bridgehead atoms. The van der Waals surface area contributed by atoms with Crippen LogP contribution in [-0.4, -0.2) is 26.3 Å². The van der Waals surface area contributed by atoms with Crippen LogP contribution in [0.1, 0.15) is 5.56 Å². The zero-order chi connectivity index (χ0) is 17.9. The highest BCUT2D eigenvalue weighted by molar-refractivity contribution is 5.64. The number of rotatable bonds is 5. The van der Waals surface area contributed by atoms with Crippen LogP contribution in [0.15, 0.2) is 72.0 Å². The van der Waals surface area contributed by atoms with E-state index in [9.17, 15) is 4.79 Å². The maximum absolute atomic E-state index is 12.8. The molecule has 4 aromatic rings. The number of benzene rings is 1. The van der Waals surface area contributed by atoms with Crippen molar-refractivity contribution in [2.24, 2.45) is 0 Å². The maximum Gasteiger partial charge on any atom is 0.276 e. The molecule has 4 rings (SSSR count). The second-order valence-electron chi connectivity index (χ2n) is 6.00. The molecule has 0 spiro atoms. The van der Waals surface area contributed by atoms with Gasteiger partial charge in [-0.25, -0.2) is 4.52 Å². The maximum atomic E-state index is 12.8. The van der Waals surface area contributed by atoms with Gasteiger partial charge in [-0.2, -0.15) is 5.10 Å². The smallest absolute Gasteiger partial charge is 0.276 e. The molecule has 0 amide bonds. The molecule has 0 aliphatic rings. The molecule has 0 fully saturated rings. The zero-order valence-electron chi connectivity index (χ0n) is 14.4. The first-order valence-electron chi connectivity index (χ1n) is 8.37. The van der Waals surface area contributed by atoms with Crippen molar-refractivity contribution in [1.82, 2.24) is 19.2 Å². The Morgan fingerprint density at radius 2 is 1.96 bits per heavy atom. The fraction of sp³-hybridized carbons (Fsp3) is 0.150. The number of ether oxygens (including phenoxy) is 1. The van der Waals surface area contributed by atoms with Crippen molar-refractivity contribution in [2.75, 3.05) is 7.11 Å². The molecule has 3 heterocycles.